The van der Waals surface area contributed by atoms with Gasteiger partial charge in [-0.1, -0.05) is 63.7 Å². The molecule has 2 unspecified atom stereocenters. The zero-order chi connectivity index (χ0) is 22.3. The Morgan fingerprint density at radius 2 is 1.81 bits per heavy atom. The maximum atomic E-state index is 12.9. The number of rotatable bonds is 9. The van der Waals surface area contributed by atoms with E-state index < -0.39 is 0 Å². The zero-order valence-corrected chi connectivity index (χ0v) is 20.3. The van der Waals surface area contributed by atoms with Gasteiger partial charge in [-0.05, 0) is 84.8 Å². The Bertz CT molecular complexity index is 877. The number of hydrogen-bond donors (Lipinski definition) is 1. The highest BCUT2D eigenvalue weighted by Gasteiger charge is 2.22. The lowest BCUT2D eigenvalue weighted by atomic mass is 9.83. The summed E-state index contributed by atoms with van der Waals surface area (Å²) in [6.45, 7) is 6.56. The summed E-state index contributed by atoms with van der Waals surface area (Å²) >= 11 is 0. The first-order valence-electron chi connectivity index (χ1n) is 13.3. The van der Waals surface area contributed by atoms with Crippen molar-refractivity contribution >= 4 is 18.1 Å². The van der Waals surface area contributed by atoms with Gasteiger partial charge in [-0.3, -0.25) is 4.79 Å². The molecule has 4 rings (SSSR count). The van der Waals surface area contributed by atoms with Gasteiger partial charge in [0.05, 0.1) is 6.61 Å². The van der Waals surface area contributed by atoms with E-state index in [-0.39, 0.29) is 5.91 Å². The van der Waals surface area contributed by atoms with Crippen LogP contribution in [0.4, 0.5) is 0 Å². The van der Waals surface area contributed by atoms with Crippen LogP contribution in [0.15, 0.2) is 12.1 Å². The predicted octanol–water partition coefficient (Wildman–Crippen LogP) is 5.12. The van der Waals surface area contributed by atoms with Crippen molar-refractivity contribution in [2.24, 2.45) is 23.7 Å². The van der Waals surface area contributed by atoms with Crippen molar-refractivity contribution in [2.45, 2.75) is 84.5 Å². The van der Waals surface area contributed by atoms with Gasteiger partial charge in [-0.15, -0.1) is 0 Å². The minimum atomic E-state index is 0.0287. The quantitative estimate of drug-likeness (QED) is 0.430. The standard InChI is InChI=1S/C29H43NO2/c1-21-9-13-25-15-16-27(29(31)30-17-18-32-20-24-10-11-24)22(2)28(25)19-26(21)14-12-23-7-5-3-4-6-8-23/h13,15-16,19,21,23-24,26H,3-12,14,17-18,20H2,1-2H3,(H,30,31). The zero-order valence-electron chi connectivity index (χ0n) is 20.3. The van der Waals surface area contributed by atoms with Crippen LogP contribution in [0.2, 0.25) is 0 Å². The number of hydrogen-bond acceptors (Lipinski definition) is 2. The van der Waals surface area contributed by atoms with Crippen molar-refractivity contribution in [2.75, 3.05) is 19.8 Å². The summed E-state index contributed by atoms with van der Waals surface area (Å²) in [4.78, 5) is 12.9. The Morgan fingerprint density at radius 1 is 1.03 bits per heavy atom. The average Bonchev–Trinajstić information content (AvgIpc) is 3.63. The fraction of sp³-hybridized carbons (Fsp3) is 0.690. The van der Waals surface area contributed by atoms with Crippen LogP contribution in [0, 0.1) is 30.6 Å². The number of ether oxygens (including phenoxy) is 1. The molecule has 2 atom stereocenters. The molecule has 0 heterocycles. The first-order chi connectivity index (χ1) is 15.6. The van der Waals surface area contributed by atoms with Crippen molar-refractivity contribution in [3.8, 4) is 0 Å². The highest BCUT2D eigenvalue weighted by atomic mass is 16.5. The molecule has 1 aromatic carbocycles. The van der Waals surface area contributed by atoms with Gasteiger partial charge in [-0.2, -0.15) is 0 Å². The van der Waals surface area contributed by atoms with Crippen molar-refractivity contribution in [3.05, 3.63) is 33.7 Å². The molecule has 2 fully saturated rings. The van der Waals surface area contributed by atoms with E-state index in [1.165, 1.54) is 74.6 Å². The van der Waals surface area contributed by atoms with Crippen LogP contribution in [0.5, 0.6) is 0 Å². The van der Waals surface area contributed by atoms with Crippen molar-refractivity contribution in [1.82, 2.24) is 5.32 Å². The SMILES string of the molecule is Cc1c(C(=O)NCCOCC2CC2)ccc2c1=CC(CCC1CCCCCC1)C(C)CC=2. The van der Waals surface area contributed by atoms with Gasteiger partial charge in [0, 0.05) is 18.7 Å². The molecular weight excluding hydrogens is 394 g/mol. The van der Waals surface area contributed by atoms with Crippen molar-refractivity contribution in [3.63, 3.8) is 0 Å². The summed E-state index contributed by atoms with van der Waals surface area (Å²) in [5, 5.41) is 5.65. The number of carbonyl (C=O) groups excluding carboxylic acids is 1. The molecule has 0 saturated heterocycles. The van der Waals surface area contributed by atoms with Crippen molar-refractivity contribution in [1.29, 1.82) is 0 Å². The molecule has 32 heavy (non-hydrogen) atoms. The third kappa shape index (κ3) is 6.47. The Balaban J connectivity index is 1.42. The molecule has 0 spiro atoms. The van der Waals surface area contributed by atoms with E-state index in [4.69, 9.17) is 4.74 Å². The van der Waals surface area contributed by atoms with Crippen LogP contribution < -0.4 is 15.8 Å². The minimum Gasteiger partial charge on any atom is -0.379 e. The average molecular weight is 438 g/mol. The number of amides is 1. The Hall–Kier alpha value is -1.61. The molecule has 3 nitrogen and oxygen atoms in total. The van der Waals surface area contributed by atoms with Gasteiger partial charge >= 0.3 is 0 Å². The lowest BCUT2D eigenvalue weighted by Gasteiger charge is -2.22. The molecule has 1 aromatic rings. The molecule has 3 heteroatoms. The van der Waals surface area contributed by atoms with E-state index in [1.807, 2.05) is 6.07 Å². The van der Waals surface area contributed by atoms with E-state index in [1.54, 1.807) is 0 Å². The lowest BCUT2D eigenvalue weighted by molar-refractivity contribution is 0.0906. The third-order valence-corrected chi connectivity index (χ3v) is 8.08. The fourth-order valence-electron chi connectivity index (χ4n) is 5.58. The van der Waals surface area contributed by atoms with Gasteiger partial charge in [0.2, 0.25) is 0 Å². The number of benzene rings is 1. The minimum absolute atomic E-state index is 0.0287. The highest BCUT2D eigenvalue weighted by Crippen LogP contribution is 2.31. The summed E-state index contributed by atoms with van der Waals surface area (Å²) in [5.74, 6) is 2.98. The monoisotopic (exact) mass is 437 g/mol. The highest BCUT2D eigenvalue weighted by molar-refractivity contribution is 5.95. The first kappa shape index (κ1) is 23.5. The summed E-state index contributed by atoms with van der Waals surface area (Å²) in [7, 11) is 0. The first-order valence-corrected chi connectivity index (χ1v) is 13.3. The second kappa shape index (κ2) is 11.5. The van der Waals surface area contributed by atoms with Crippen LogP contribution in [0.3, 0.4) is 0 Å². The summed E-state index contributed by atoms with van der Waals surface area (Å²) in [6.07, 6.45) is 19.8. The van der Waals surface area contributed by atoms with Crippen LogP contribution in [-0.2, 0) is 4.74 Å². The van der Waals surface area contributed by atoms with Crippen molar-refractivity contribution < 1.29 is 9.53 Å². The van der Waals surface area contributed by atoms with Crippen LogP contribution in [-0.4, -0.2) is 25.7 Å². The molecule has 0 aliphatic heterocycles. The predicted molar refractivity (Wildman–Crippen MR) is 133 cm³/mol. The third-order valence-electron chi connectivity index (χ3n) is 8.08. The van der Waals surface area contributed by atoms with Gasteiger partial charge in [0.15, 0.2) is 0 Å². The maximum absolute atomic E-state index is 12.9. The summed E-state index contributed by atoms with van der Waals surface area (Å²) < 4.78 is 5.67. The smallest absolute Gasteiger partial charge is 0.251 e. The van der Waals surface area contributed by atoms with Gasteiger partial charge < -0.3 is 10.1 Å². The van der Waals surface area contributed by atoms with Crippen LogP contribution >= 0.6 is 0 Å². The Labute approximate surface area is 194 Å². The second-order valence-corrected chi connectivity index (χ2v) is 10.7. The van der Waals surface area contributed by atoms with Gasteiger partial charge in [0.1, 0.15) is 0 Å². The molecule has 0 aromatic heterocycles. The lowest BCUT2D eigenvalue weighted by Crippen LogP contribution is -2.34. The molecule has 1 amide bonds. The van der Waals surface area contributed by atoms with E-state index >= 15 is 0 Å². The Kier molecular flexibility index (Phi) is 8.46. The number of nitrogens with one attached hydrogen (secondary N) is 1. The molecule has 1 N–H and O–H groups in total. The topological polar surface area (TPSA) is 38.3 Å². The van der Waals surface area contributed by atoms with Crippen LogP contribution in [0.1, 0.15) is 93.5 Å². The summed E-state index contributed by atoms with van der Waals surface area (Å²) in [6, 6.07) is 4.16. The van der Waals surface area contributed by atoms with E-state index in [0.29, 0.717) is 25.0 Å². The molecule has 0 bridgehead atoms. The molecule has 2 saturated carbocycles. The molecule has 3 aliphatic carbocycles. The normalized spacial score (nSPS) is 23.9. The van der Waals surface area contributed by atoms with E-state index in [2.05, 4.69) is 37.4 Å². The molecule has 3 aliphatic rings. The largest absolute Gasteiger partial charge is 0.379 e. The molecule has 176 valence electrons. The number of carbonyl (C=O) groups is 1. The molecule has 0 radical (unpaired) electrons. The van der Waals surface area contributed by atoms with Crippen LogP contribution in [0.25, 0.3) is 12.2 Å². The fourth-order valence-corrected chi connectivity index (χ4v) is 5.58. The maximum Gasteiger partial charge on any atom is 0.251 e. The van der Waals surface area contributed by atoms with Gasteiger partial charge in [0.25, 0.3) is 5.91 Å². The van der Waals surface area contributed by atoms with E-state index in [0.717, 1.165) is 36.0 Å². The molecular formula is C29H43NO2. The van der Waals surface area contributed by atoms with E-state index in [9.17, 15) is 4.79 Å². The Morgan fingerprint density at radius 3 is 2.56 bits per heavy atom. The summed E-state index contributed by atoms with van der Waals surface area (Å²) in [5.41, 5.74) is 1.94. The number of fused-ring (bicyclic) bond motifs is 1. The second-order valence-electron chi connectivity index (χ2n) is 10.7. The van der Waals surface area contributed by atoms with Gasteiger partial charge in [-0.25, -0.2) is 0 Å².